The number of rotatable bonds is 2. The third-order valence-electron chi connectivity index (χ3n) is 1.73. The van der Waals surface area contributed by atoms with Crippen molar-refractivity contribution in [3.05, 3.63) is 22.2 Å². The molecule has 2 aromatic rings. The fourth-order valence-electron chi connectivity index (χ4n) is 1.13. The van der Waals surface area contributed by atoms with Crippen LogP contribution in [0.4, 0.5) is 0 Å². The van der Waals surface area contributed by atoms with Crippen LogP contribution in [0.3, 0.4) is 0 Å². The van der Waals surface area contributed by atoms with Crippen molar-refractivity contribution in [2.75, 3.05) is 6.61 Å². The summed E-state index contributed by atoms with van der Waals surface area (Å²) in [6, 6.07) is 3.45. The predicted molar refractivity (Wildman–Crippen MR) is 54.7 cm³/mol. The molecule has 0 saturated carbocycles. The Bertz CT molecular complexity index is 469. The molecule has 0 amide bonds. The molecule has 1 aromatic heterocycles. The molecule has 4 nitrogen and oxygen atoms in total. The molecule has 1 heterocycles. The molecular weight excluding hydrogens is 225 g/mol. The summed E-state index contributed by atoms with van der Waals surface area (Å²) in [4.78, 5) is 6.53. The number of aromatic nitrogens is 3. The molecule has 0 spiro atoms. The smallest absolute Gasteiger partial charge is 0.137 e. The Morgan fingerprint density at radius 2 is 2.21 bits per heavy atom. The van der Waals surface area contributed by atoms with Crippen LogP contribution in [0, 0.1) is 0 Å². The van der Waals surface area contributed by atoms with Crippen molar-refractivity contribution in [2.24, 2.45) is 0 Å². The summed E-state index contributed by atoms with van der Waals surface area (Å²) < 4.78 is 0. The van der Waals surface area contributed by atoms with Crippen LogP contribution in [-0.4, -0.2) is 21.8 Å². The average Bonchev–Trinajstić information content (AvgIpc) is 2.57. The van der Waals surface area contributed by atoms with Gasteiger partial charge in [-0.05, 0) is 24.3 Å². The highest BCUT2D eigenvalue weighted by Gasteiger charge is 2.10. The van der Waals surface area contributed by atoms with Crippen LogP contribution in [0.5, 0.6) is 0 Å². The van der Waals surface area contributed by atoms with Crippen molar-refractivity contribution in [1.29, 1.82) is 0 Å². The van der Waals surface area contributed by atoms with Crippen LogP contribution in [0.2, 0.25) is 10.0 Å². The van der Waals surface area contributed by atoms with Gasteiger partial charge in [-0.1, -0.05) is 28.0 Å². The summed E-state index contributed by atoms with van der Waals surface area (Å²) in [5.74, 6) is 0. The topological polar surface area (TPSA) is 39.9 Å². The van der Waals surface area contributed by atoms with E-state index in [0.29, 0.717) is 27.7 Å². The standard InChI is InChI=1S/C8H7Cl2N3O/c1-2-14-13-6-4-3-5(9)7(10)8(6)11-12-13/h3-4H,2H2,1H3. The van der Waals surface area contributed by atoms with Crippen molar-refractivity contribution in [3.8, 4) is 0 Å². The fraction of sp³-hybridized carbons (Fsp3) is 0.250. The van der Waals surface area contributed by atoms with E-state index in [-0.39, 0.29) is 0 Å². The van der Waals surface area contributed by atoms with Gasteiger partial charge >= 0.3 is 0 Å². The molecule has 0 aliphatic heterocycles. The van der Waals surface area contributed by atoms with Crippen molar-refractivity contribution in [1.82, 2.24) is 15.2 Å². The first-order valence-corrected chi connectivity index (χ1v) is 4.82. The molecule has 0 bridgehead atoms. The molecule has 0 saturated heterocycles. The maximum atomic E-state index is 5.94. The Morgan fingerprint density at radius 3 is 2.93 bits per heavy atom. The highest BCUT2D eigenvalue weighted by Crippen LogP contribution is 2.28. The van der Waals surface area contributed by atoms with Gasteiger partial charge in [0.1, 0.15) is 17.6 Å². The van der Waals surface area contributed by atoms with Crippen LogP contribution in [-0.2, 0) is 0 Å². The minimum Gasteiger partial charge on any atom is -0.395 e. The Kier molecular flexibility index (Phi) is 2.48. The first kappa shape index (κ1) is 9.55. The van der Waals surface area contributed by atoms with Gasteiger partial charge in [-0.3, -0.25) is 0 Å². The van der Waals surface area contributed by atoms with Gasteiger partial charge in [0.2, 0.25) is 0 Å². The van der Waals surface area contributed by atoms with E-state index in [1.807, 2.05) is 6.92 Å². The predicted octanol–water partition coefficient (Wildman–Crippen LogP) is 2.19. The van der Waals surface area contributed by atoms with Crippen LogP contribution >= 0.6 is 23.2 Å². The van der Waals surface area contributed by atoms with Crippen molar-refractivity contribution in [2.45, 2.75) is 6.92 Å². The lowest BCUT2D eigenvalue weighted by Crippen LogP contribution is -2.11. The summed E-state index contributed by atoms with van der Waals surface area (Å²) in [6.45, 7) is 2.38. The van der Waals surface area contributed by atoms with E-state index in [2.05, 4.69) is 10.3 Å². The normalized spacial score (nSPS) is 10.8. The Hall–Kier alpha value is -1.00. The molecule has 74 valence electrons. The maximum absolute atomic E-state index is 5.94. The van der Waals surface area contributed by atoms with Gasteiger partial charge in [0.15, 0.2) is 0 Å². The zero-order chi connectivity index (χ0) is 10.1. The second-order valence-electron chi connectivity index (χ2n) is 2.61. The summed E-state index contributed by atoms with van der Waals surface area (Å²) in [7, 11) is 0. The van der Waals surface area contributed by atoms with Crippen molar-refractivity contribution < 1.29 is 4.84 Å². The zero-order valence-corrected chi connectivity index (χ0v) is 8.88. The zero-order valence-electron chi connectivity index (χ0n) is 7.37. The van der Waals surface area contributed by atoms with Crippen LogP contribution in [0.15, 0.2) is 12.1 Å². The van der Waals surface area contributed by atoms with Gasteiger partial charge in [0, 0.05) is 0 Å². The number of halogens is 2. The van der Waals surface area contributed by atoms with E-state index in [1.165, 1.54) is 4.85 Å². The Labute approximate surface area is 90.3 Å². The molecule has 0 radical (unpaired) electrons. The van der Waals surface area contributed by atoms with Gasteiger partial charge in [-0.25, -0.2) is 0 Å². The molecule has 0 fully saturated rings. The molecule has 14 heavy (non-hydrogen) atoms. The van der Waals surface area contributed by atoms with E-state index in [1.54, 1.807) is 12.1 Å². The van der Waals surface area contributed by atoms with Crippen molar-refractivity contribution >= 4 is 34.2 Å². The molecule has 0 aliphatic carbocycles. The SMILES string of the molecule is CCOn1nnc2c(Cl)c(Cl)ccc21. The number of fused-ring (bicyclic) bond motifs is 1. The minimum absolute atomic E-state index is 0.398. The van der Waals surface area contributed by atoms with E-state index in [0.717, 1.165) is 0 Å². The van der Waals surface area contributed by atoms with E-state index in [9.17, 15) is 0 Å². The van der Waals surface area contributed by atoms with Crippen LogP contribution in [0.25, 0.3) is 11.0 Å². The third kappa shape index (κ3) is 1.40. The molecule has 0 aliphatic rings. The lowest BCUT2D eigenvalue weighted by molar-refractivity contribution is 0.0979. The highest BCUT2D eigenvalue weighted by molar-refractivity contribution is 6.44. The number of nitrogens with zero attached hydrogens (tertiary/aromatic N) is 3. The van der Waals surface area contributed by atoms with Gasteiger partial charge in [-0.2, -0.15) is 0 Å². The Balaban J connectivity index is 2.64. The van der Waals surface area contributed by atoms with E-state index >= 15 is 0 Å². The van der Waals surface area contributed by atoms with E-state index < -0.39 is 0 Å². The second-order valence-corrected chi connectivity index (χ2v) is 3.39. The van der Waals surface area contributed by atoms with Gasteiger partial charge in [-0.15, -0.1) is 5.10 Å². The molecule has 6 heteroatoms. The molecule has 0 atom stereocenters. The molecular formula is C8H7Cl2N3O. The maximum Gasteiger partial charge on any atom is 0.137 e. The fourth-order valence-corrected chi connectivity index (χ4v) is 1.48. The largest absolute Gasteiger partial charge is 0.395 e. The molecule has 0 N–H and O–H groups in total. The summed E-state index contributed by atoms with van der Waals surface area (Å²) in [6.07, 6.45) is 0. The quantitative estimate of drug-likeness (QED) is 0.796. The second kappa shape index (κ2) is 3.63. The van der Waals surface area contributed by atoms with Gasteiger partial charge < -0.3 is 4.84 Å². The minimum atomic E-state index is 0.398. The van der Waals surface area contributed by atoms with Gasteiger partial charge in [0.25, 0.3) is 0 Å². The molecule has 2 rings (SSSR count). The van der Waals surface area contributed by atoms with Crippen molar-refractivity contribution in [3.63, 3.8) is 0 Å². The lowest BCUT2D eigenvalue weighted by atomic mass is 10.3. The first-order valence-electron chi connectivity index (χ1n) is 4.06. The summed E-state index contributed by atoms with van der Waals surface area (Å²) in [5, 5.41) is 8.52. The van der Waals surface area contributed by atoms with E-state index in [4.69, 9.17) is 28.0 Å². The summed E-state index contributed by atoms with van der Waals surface area (Å²) in [5.41, 5.74) is 1.26. The molecule has 1 aromatic carbocycles. The number of hydrogen-bond donors (Lipinski definition) is 0. The number of benzene rings is 1. The monoisotopic (exact) mass is 231 g/mol. The summed E-state index contributed by atoms with van der Waals surface area (Å²) >= 11 is 11.8. The number of hydrogen-bond acceptors (Lipinski definition) is 3. The average molecular weight is 232 g/mol. The van der Waals surface area contributed by atoms with Gasteiger partial charge in [0.05, 0.1) is 10.0 Å². The molecule has 0 unspecified atom stereocenters. The van der Waals surface area contributed by atoms with Crippen LogP contribution < -0.4 is 4.84 Å². The Morgan fingerprint density at radius 1 is 1.43 bits per heavy atom. The van der Waals surface area contributed by atoms with Crippen LogP contribution in [0.1, 0.15) is 6.92 Å². The lowest BCUT2D eigenvalue weighted by Gasteiger charge is -2.01. The first-order chi connectivity index (χ1) is 6.74. The highest BCUT2D eigenvalue weighted by atomic mass is 35.5. The third-order valence-corrected chi connectivity index (χ3v) is 2.53.